The van der Waals surface area contributed by atoms with Crippen LogP contribution < -0.4 is 0 Å². The first-order valence-corrected chi connectivity index (χ1v) is 6.03. The first kappa shape index (κ1) is 12.6. The minimum absolute atomic E-state index is 0.00411. The Bertz CT molecular complexity index is 492. The van der Waals surface area contributed by atoms with Gasteiger partial charge in [-0.25, -0.2) is 0 Å². The van der Waals surface area contributed by atoms with Crippen LogP contribution in [-0.2, 0) is 7.05 Å². The van der Waals surface area contributed by atoms with E-state index in [2.05, 4.69) is 10.3 Å². The average molecular weight is 250 g/mol. The molecular formula is C12H18N4O2. The zero-order valence-electron chi connectivity index (χ0n) is 10.9. The number of aryl methyl sites for hydroxylation is 1. The number of piperidine rings is 1. The highest BCUT2D eigenvalue weighted by Gasteiger charge is 2.28. The van der Waals surface area contributed by atoms with Gasteiger partial charge in [0.2, 0.25) is 0 Å². The van der Waals surface area contributed by atoms with E-state index >= 15 is 0 Å². The van der Waals surface area contributed by atoms with Crippen molar-refractivity contribution < 1.29 is 10.0 Å². The zero-order valence-corrected chi connectivity index (χ0v) is 10.9. The van der Waals surface area contributed by atoms with Gasteiger partial charge in [-0.1, -0.05) is 12.1 Å². The van der Waals surface area contributed by atoms with Crippen LogP contribution in [0.2, 0.25) is 0 Å². The summed E-state index contributed by atoms with van der Waals surface area (Å²) >= 11 is 0. The molecule has 1 atom stereocenters. The van der Waals surface area contributed by atoms with Gasteiger partial charge in [-0.05, 0) is 6.92 Å². The second-order valence-corrected chi connectivity index (χ2v) is 4.76. The lowest BCUT2D eigenvalue weighted by Gasteiger charge is -2.31. The molecule has 1 amide bonds. The lowest BCUT2D eigenvalue weighted by atomic mass is 9.97. The molecule has 6 heteroatoms. The standard InChI is InChI=1S/C12H18N4O2/c1-8-7-16(5-4-11(8)14-18)12(17)10-6-13-15(3)9(10)2/h6,8,18H,4-5,7H2,1-3H3. The largest absolute Gasteiger partial charge is 0.411 e. The van der Waals surface area contributed by atoms with Crippen LogP contribution in [0.5, 0.6) is 0 Å². The van der Waals surface area contributed by atoms with Crippen LogP contribution in [0.4, 0.5) is 0 Å². The lowest BCUT2D eigenvalue weighted by Crippen LogP contribution is -2.43. The number of likely N-dealkylation sites (tertiary alicyclic amines) is 1. The van der Waals surface area contributed by atoms with Crippen molar-refractivity contribution in [2.24, 2.45) is 18.1 Å². The second kappa shape index (κ2) is 4.80. The summed E-state index contributed by atoms with van der Waals surface area (Å²) in [4.78, 5) is 14.1. The van der Waals surface area contributed by atoms with Crippen LogP contribution in [-0.4, -0.2) is 44.6 Å². The fraction of sp³-hybridized carbons (Fsp3) is 0.583. The minimum Gasteiger partial charge on any atom is -0.411 e. The van der Waals surface area contributed by atoms with Gasteiger partial charge in [-0.15, -0.1) is 0 Å². The third-order valence-corrected chi connectivity index (χ3v) is 3.58. The molecule has 1 aliphatic heterocycles. The van der Waals surface area contributed by atoms with Gasteiger partial charge in [0.1, 0.15) is 0 Å². The van der Waals surface area contributed by atoms with Crippen LogP contribution in [0.3, 0.4) is 0 Å². The molecule has 18 heavy (non-hydrogen) atoms. The number of carbonyl (C=O) groups excluding carboxylic acids is 1. The Morgan fingerprint density at radius 1 is 1.61 bits per heavy atom. The molecule has 1 N–H and O–H groups in total. The predicted octanol–water partition coefficient (Wildman–Crippen LogP) is 1.04. The maximum Gasteiger partial charge on any atom is 0.257 e. The quantitative estimate of drug-likeness (QED) is 0.598. The Kier molecular flexibility index (Phi) is 3.36. The van der Waals surface area contributed by atoms with Gasteiger partial charge in [-0.2, -0.15) is 5.10 Å². The Morgan fingerprint density at radius 3 is 2.83 bits per heavy atom. The molecular weight excluding hydrogens is 232 g/mol. The Balaban J connectivity index is 2.14. The molecule has 0 aliphatic carbocycles. The molecule has 0 radical (unpaired) electrons. The molecule has 2 heterocycles. The molecule has 0 saturated carbocycles. The maximum absolute atomic E-state index is 12.3. The van der Waals surface area contributed by atoms with E-state index < -0.39 is 0 Å². The van der Waals surface area contributed by atoms with Crippen molar-refractivity contribution in [3.8, 4) is 0 Å². The SMILES string of the molecule is Cc1c(C(=O)N2CCC(=NO)C(C)C2)cnn1C. The topological polar surface area (TPSA) is 70.7 Å². The number of hydrogen-bond acceptors (Lipinski definition) is 4. The minimum atomic E-state index is 0.00411. The highest BCUT2D eigenvalue weighted by molar-refractivity contribution is 5.97. The van der Waals surface area contributed by atoms with Gasteiger partial charge in [0.25, 0.3) is 5.91 Å². The van der Waals surface area contributed by atoms with Crippen molar-refractivity contribution in [1.29, 1.82) is 0 Å². The summed E-state index contributed by atoms with van der Waals surface area (Å²) in [5.41, 5.74) is 2.28. The first-order valence-electron chi connectivity index (χ1n) is 6.03. The number of aromatic nitrogens is 2. The Labute approximate surface area is 106 Å². The molecule has 1 aromatic rings. The highest BCUT2D eigenvalue weighted by atomic mass is 16.4. The molecule has 1 unspecified atom stereocenters. The van der Waals surface area contributed by atoms with Gasteiger partial charge in [0, 0.05) is 38.2 Å². The maximum atomic E-state index is 12.3. The number of nitrogens with zero attached hydrogens (tertiary/aromatic N) is 4. The number of oxime groups is 1. The average Bonchev–Trinajstić information content (AvgIpc) is 2.69. The van der Waals surface area contributed by atoms with Gasteiger partial charge in [0.15, 0.2) is 0 Å². The van der Waals surface area contributed by atoms with E-state index in [9.17, 15) is 4.79 Å². The fourth-order valence-electron chi connectivity index (χ4n) is 2.24. The van der Waals surface area contributed by atoms with E-state index in [1.165, 1.54) is 0 Å². The van der Waals surface area contributed by atoms with Gasteiger partial charge in [-0.3, -0.25) is 9.48 Å². The number of amides is 1. The summed E-state index contributed by atoms with van der Waals surface area (Å²) in [5.74, 6) is 0.106. The summed E-state index contributed by atoms with van der Waals surface area (Å²) < 4.78 is 1.70. The summed E-state index contributed by atoms with van der Waals surface area (Å²) in [5, 5.41) is 16.2. The summed E-state index contributed by atoms with van der Waals surface area (Å²) in [7, 11) is 1.82. The third kappa shape index (κ3) is 2.10. The van der Waals surface area contributed by atoms with Crippen LogP contribution in [0, 0.1) is 12.8 Å². The van der Waals surface area contributed by atoms with Gasteiger partial charge in [0.05, 0.1) is 17.5 Å². The van der Waals surface area contributed by atoms with Crippen molar-refractivity contribution in [3.63, 3.8) is 0 Å². The fourth-order valence-corrected chi connectivity index (χ4v) is 2.24. The van der Waals surface area contributed by atoms with Crippen LogP contribution in [0.15, 0.2) is 11.4 Å². The van der Waals surface area contributed by atoms with E-state index in [-0.39, 0.29) is 11.8 Å². The molecule has 2 rings (SSSR count). The Morgan fingerprint density at radius 2 is 2.33 bits per heavy atom. The molecule has 98 valence electrons. The molecule has 1 saturated heterocycles. The van der Waals surface area contributed by atoms with Crippen molar-refractivity contribution in [3.05, 3.63) is 17.5 Å². The molecule has 1 aromatic heterocycles. The van der Waals surface area contributed by atoms with E-state index in [4.69, 9.17) is 5.21 Å². The van der Waals surface area contributed by atoms with Crippen LogP contribution in [0.25, 0.3) is 0 Å². The van der Waals surface area contributed by atoms with Crippen molar-refractivity contribution in [2.45, 2.75) is 20.3 Å². The number of carbonyl (C=O) groups is 1. The van der Waals surface area contributed by atoms with Crippen molar-refractivity contribution >= 4 is 11.6 Å². The molecule has 0 bridgehead atoms. The van der Waals surface area contributed by atoms with Crippen molar-refractivity contribution in [2.75, 3.05) is 13.1 Å². The predicted molar refractivity (Wildman–Crippen MR) is 66.9 cm³/mol. The summed E-state index contributed by atoms with van der Waals surface area (Å²) in [6.45, 7) is 5.03. The van der Waals surface area contributed by atoms with E-state index in [1.807, 2.05) is 20.9 Å². The van der Waals surface area contributed by atoms with Crippen LogP contribution in [0.1, 0.15) is 29.4 Å². The van der Waals surface area contributed by atoms with Crippen molar-refractivity contribution in [1.82, 2.24) is 14.7 Å². The third-order valence-electron chi connectivity index (χ3n) is 3.58. The normalized spacial score (nSPS) is 22.5. The number of rotatable bonds is 1. The molecule has 1 fully saturated rings. The first-order chi connectivity index (χ1) is 8.54. The summed E-state index contributed by atoms with van der Waals surface area (Å²) in [6.07, 6.45) is 2.24. The lowest BCUT2D eigenvalue weighted by molar-refractivity contribution is 0.0733. The molecule has 0 aromatic carbocycles. The monoisotopic (exact) mass is 250 g/mol. The van der Waals surface area contributed by atoms with Gasteiger partial charge < -0.3 is 10.1 Å². The summed E-state index contributed by atoms with van der Waals surface area (Å²) in [6, 6.07) is 0. The van der Waals surface area contributed by atoms with Crippen LogP contribution >= 0.6 is 0 Å². The molecule has 0 spiro atoms. The van der Waals surface area contributed by atoms with E-state index in [0.717, 1.165) is 11.4 Å². The highest BCUT2D eigenvalue weighted by Crippen LogP contribution is 2.17. The molecule has 6 nitrogen and oxygen atoms in total. The number of hydrogen-bond donors (Lipinski definition) is 1. The van der Waals surface area contributed by atoms with Gasteiger partial charge >= 0.3 is 0 Å². The zero-order chi connectivity index (χ0) is 13.3. The van der Waals surface area contributed by atoms with E-state index in [1.54, 1.807) is 15.8 Å². The second-order valence-electron chi connectivity index (χ2n) is 4.76. The van der Waals surface area contributed by atoms with E-state index in [0.29, 0.717) is 25.1 Å². The smallest absolute Gasteiger partial charge is 0.257 e. The Hall–Kier alpha value is -1.85. The molecule has 1 aliphatic rings.